The summed E-state index contributed by atoms with van der Waals surface area (Å²) in [5.41, 5.74) is 0.856. The Kier molecular flexibility index (Phi) is 4.88. The second-order valence-electron chi connectivity index (χ2n) is 4.14. The van der Waals surface area contributed by atoms with E-state index in [1.165, 1.54) is 18.2 Å². The molecular formula is C13H9BrIN3O3. The molecule has 2 aromatic rings. The number of amides is 1. The molecule has 1 heterocycles. The minimum absolute atomic E-state index is 0.125. The molecule has 0 bridgehead atoms. The van der Waals surface area contributed by atoms with Crippen molar-refractivity contribution in [1.82, 2.24) is 4.98 Å². The Hall–Kier alpha value is -1.55. The van der Waals surface area contributed by atoms with E-state index in [0.717, 1.165) is 10.2 Å². The van der Waals surface area contributed by atoms with Crippen LogP contribution in [0.3, 0.4) is 0 Å². The number of anilines is 1. The van der Waals surface area contributed by atoms with Crippen molar-refractivity contribution in [2.24, 2.45) is 0 Å². The van der Waals surface area contributed by atoms with Crippen LogP contribution in [0.15, 0.2) is 34.8 Å². The Morgan fingerprint density at radius 2 is 2.10 bits per heavy atom. The molecular weight excluding hydrogens is 453 g/mol. The van der Waals surface area contributed by atoms with Crippen molar-refractivity contribution in [2.75, 3.05) is 5.32 Å². The minimum Gasteiger partial charge on any atom is -0.307 e. The van der Waals surface area contributed by atoms with E-state index in [9.17, 15) is 14.9 Å². The molecule has 8 heteroatoms. The van der Waals surface area contributed by atoms with Gasteiger partial charge in [-0.15, -0.1) is 0 Å². The third kappa shape index (κ3) is 3.76. The lowest BCUT2D eigenvalue weighted by molar-refractivity contribution is -0.384. The normalized spacial score (nSPS) is 10.2. The molecule has 0 spiro atoms. The highest BCUT2D eigenvalue weighted by atomic mass is 127. The first kappa shape index (κ1) is 15.8. The van der Waals surface area contributed by atoms with E-state index < -0.39 is 10.8 Å². The summed E-state index contributed by atoms with van der Waals surface area (Å²) in [6.07, 6.45) is 0. The molecule has 1 N–H and O–H groups in total. The number of nitrogens with zero attached hydrogens (tertiary/aromatic N) is 2. The SMILES string of the molecule is Cc1nc(NC(=O)c2cc([N+](=O)[O-])ccc2I)ccc1Br. The number of pyridine rings is 1. The van der Waals surface area contributed by atoms with Gasteiger partial charge in [-0.05, 0) is 63.6 Å². The molecule has 0 radical (unpaired) electrons. The topological polar surface area (TPSA) is 85.1 Å². The van der Waals surface area contributed by atoms with Gasteiger partial charge in [0.05, 0.1) is 16.2 Å². The third-order valence-corrected chi connectivity index (χ3v) is 4.45. The molecule has 1 amide bonds. The van der Waals surface area contributed by atoms with E-state index >= 15 is 0 Å². The molecule has 1 aromatic carbocycles. The fourth-order valence-corrected chi connectivity index (χ4v) is 2.40. The molecule has 2 rings (SSSR count). The molecule has 0 saturated carbocycles. The molecule has 0 saturated heterocycles. The van der Waals surface area contributed by atoms with Crippen LogP contribution >= 0.6 is 38.5 Å². The maximum absolute atomic E-state index is 12.2. The van der Waals surface area contributed by atoms with E-state index in [2.05, 4.69) is 26.2 Å². The molecule has 0 unspecified atom stereocenters. The summed E-state index contributed by atoms with van der Waals surface area (Å²) in [5, 5.41) is 13.4. The Morgan fingerprint density at radius 1 is 1.38 bits per heavy atom. The van der Waals surface area contributed by atoms with Gasteiger partial charge in [-0.2, -0.15) is 0 Å². The van der Waals surface area contributed by atoms with Gasteiger partial charge in [-0.25, -0.2) is 4.98 Å². The number of non-ortho nitro benzene ring substituents is 1. The number of hydrogen-bond acceptors (Lipinski definition) is 4. The van der Waals surface area contributed by atoms with E-state index in [4.69, 9.17) is 0 Å². The first-order chi connectivity index (χ1) is 9.88. The van der Waals surface area contributed by atoms with Crippen molar-refractivity contribution >= 4 is 55.9 Å². The zero-order valence-corrected chi connectivity index (χ0v) is 14.5. The molecule has 0 fully saturated rings. The van der Waals surface area contributed by atoms with Crippen molar-refractivity contribution in [1.29, 1.82) is 0 Å². The van der Waals surface area contributed by atoms with Gasteiger partial charge in [0.2, 0.25) is 0 Å². The van der Waals surface area contributed by atoms with Crippen LogP contribution in [0.5, 0.6) is 0 Å². The lowest BCUT2D eigenvalue weighted by Crippen LogP contribution is -2.15. The van der Waals surface area contributed by atoms with Crippen LogP contribution < -0.4 is 5.32 Å². The number of nitrogens with one attached hydrogen (secondary N) is 1. The summed E-state index contributed by atoms with van der Waals surface area (Å²) in [6, 6.07) is 7.58. The highest BCUT2D eigenvalue weighted by molar-refractivity contribution is 14.1. The number of carbonyl (C=O) groups excluding carboxylic acids is 1. The van der Waals surface area contributed by atoms with Crippen LogP contribution in [-0.4, -0.2) is 15.8 Å². The van der Waals surface area contributed by atoms with Crippen molar-refractivity contribution in [2.45, 2.75) is 6.92 Å². The number of hydrogen-bond donors (Lipinski definition) is 1. The smallest absolute Gasteiger partial charge is 0.270 e. The minimum atomic E-state index is -0.533. The predicted octanol–water partition coefficient (Wildman–Crippen LogP) is 3.92. The zero-order valence-electron chi connectivity index (χ0n) is 10.8. The Morgan fingerprint density at radius 3 is 2.71 bits per heavy atom. The quantitative estimate of drug-likeness (QED) is 0.426. The summed E-state index contributed by atoms with van der Waals surface area (Å²) >= 11 is 5.29. The van der Waals surface area contributed by atoms with Gasteiger partial charge in [0.25, 0.3) is 11.6 Å². The standard InChI is InChI=1S/C13H9BrIN3O3/c1-7-10(14)3-5-12(16-7)17-13(19)9-6-8(18(20)21)2-4-11(9)15/h2-6H,1H3,(H,16,17,19). The van der Waals surface area contributed by atoms with Gasteiger partial charge in [0.1, 0.15) is 5.82 Å². The number of aromatic nitrogens is 1. The van der Waals surface area contributed by atoms with E-state index in [1.54, 1.807) is 19.1 Å². The number of nitro groups is 1. The summed E-state index contributed by atoms with van der Waals surface area (Å²) in [4.78, 5) is 26.7. The third-order valence-electron chi connectivity index (χ3n) is 2.67. The van der Waals surface area contributed by atoms with Crippen molar-refractivity contribution in [3.63, 3.8) is 0 Å². The average Bonchev–Trinajstić information content (AvgIpc) is 2.43. The van der Waals surface area contributed by atoms with Crippen LogP contribution in [0.2, 0.25) is 0 Å². The van der Waals surface area contributed by atoms with Gasteiger partial charge in [0, 0.05) is 20.2 Å². The maximum Gasteiger partial charge on any atom is 0.270 e. The second kappa shape index (κ2) is 6.48. The number of carbonyl (C=O) groups is 1. The lowest BCUT2D eigenvalue weighted by atomic mass is 10.2. The van der Waals surface area contributed by atoms with Gasteiger partial charge in [-0.1, -0.05) is 0 Å². The van der Waals surface area contributed by atoms with Crippen LogP contribution in [0.25, 0.3) is 0 Å². The zero-order chi connectivity index (χ0) is 15.6. The van der Waals surface area contributed by atoms with Crippen LogP contribution in [0.4, 0.5) is 11.5 Å². The van der Waals surface area contributed by atoms with Gasteiger partial charge < -0.3 is 5.32 Å². The van der Waals surface area contributed by atoms with E-state index in [-0.39, 0.29) is 11.3 Å². The molecule has 6 nitrogen and oxygen atoms in total. The Balaban J connectivity index is 2.29. The van der Waals surface area contributed by atoms with Gasteiger partial charge in [0.15, 0.2) is 0 Å². The van der Waals surface area contributed by atoms with Gasteiger partial charge in [-0.3, -0.25) is 14.9 Å². The summed E-state index contributed by atoms with van der Waals surface area (Å²) in [7, 11) is 0. The molecule has 0 atom stereocenters. The monoisotopic (exact) mass is 461 g/mol. The predicted molar refractivity (Wildman–Crippen MR) is 90.4 cm³/mol. The Labute approximate surface area is 142 Å². The summed E-state index contributed by atoms with van der Waals surface area (Å²) in [5.74, 6) is -0.0414. The molecule has 0 aliphatic carbocycles. The number of rotatable bonds is 3. The highest BCUT2D eigenvalue weighted by Gasteiger charge is 2.16. The molecule has 0 aliphatic heterocycles. The van der Waals surface area contributed by atoms with Crippen molar-refractivity contribution in [3.8, 4) is 0 Å². The first-order valence-electron chi connectivity index (χ1n) is 5.77. The molecule has 1 aromatic heterocycles. The molecule has 21 heavy (non-hydrogen) atoms. The fourth-order valence-electron chi connectivity index (χ4n) is 1.60. The summed E-state index contributed by atoms with van der Waals surface area (Å²) < 4.78 is 1.47. The van der Waals surface area contributed by atoms with E-state index in [0.29, 0.717) is 9.39 Å². The maximum atomic E-state index is 12.2. The van der Waals surface area contributed by atoms with E-state index in [1.807, 2.05) is 22.6 Å². The first-order valence-corrected chi connectivity index (χ1v) is 7.64. The fraction of sp³-hybridized carbons (Fsp3) is 0.0769. The number of aryl methyl sites for hydroxylation is 1. The van der Waals surface area contributed by atoms with Crippen molar-refractivity contribution in [3.05, 3.63) is 59.7 Å². The molecule has 0 aliphatic rings. The number of benzene rings is 1. The molecule has 108 valence electrons. The van der Waals surface area contributed by atoms with Crippen LogP contribution in [0, 0.1) is 20.6 Å². The summed E-state index contributed by atoms with van der Waals surface area (Å²) in [6.45, 7) is 1.80. The van der Waals surface area contributed by atoms with Crippen LogP contribution in [0.1, 0.15) is 16.1 Å². The number of nitro benzene ring substituents is 1. The Bertz CT molecular complexity index is 737. The second-order valence-corrected chi connectivity index (χ2v) is 6.16. The highest BCUT2D eigenvalue weighted by Crippen LogP contribution is 2.21. The van der Waals surface area contributed by atoms with Gasteiger partial charge >= 0.3 is 0 Å². The average molecular weight is 462 g/mol. The largest absolute Gasteiger partial charge is 0.307 e. The number of halogens is 2. The van der Waals surface area contributed by atoms with Crippen molar-refractivity contribution < 1.29 is 9.72 Å². The lowest BCUT2D eigenvalue weighted by Gasteiger charge is -2.07. The van der Waals surface area contributed by atoms with Crippen LogP contribution in [-0.2, 0) is 0 Å².